The number of halogens is 2. The highest BCUT2D eigenvalue weighted by atomic mass is 19.3. The Kier molecular flexibility index (Phi) is 6.77. The van der Waals surface area contributed by atoms with Crippen molar-refractivity contribution >= 4 is 35.0 Å². The second-order valence-electron chi connectivity index (χ2n) is 9.21. The lowest BCUT2D eigenvalue weighted by Gasteiger charge is -2.31. The molecule has 1 aliphatic carbocycles. The molecule has 35 heavy (non-hydrogen) atoms. The molecule has 1 aliphatic heterocycles. The van der Waals surface area contributed by atoms with E-state index in [1.54, 1.807) is 23.1 Å². The Hall–Kier alpha value is -3.50. The van der Waals surface area contributed by atoms with Crippen LogP contribution in [0.2, 0.25) is 0 Å². The van der Waals surface area contributed by atoms with Crippen LogP contribution in [0.3, 0.4) is 0 Å². The van der Waals surface area contributed by atoms with Crippen LogP contribution in [-0.2, 0) is 4.79 Å². The number of hydrogen-bond acceptors (Lipinski definition) is 7. The van der Waals surface area contributed by atoms with Crippen molar-refractivity contribution in [2.45, 2.75) is 57.5 Å². The van der Waals surface area contributed by atoms with Gasteiger partial charge in [0.05, 0.1) is 25.5 Å². The third kappa shape index (κ3) is 4.98. The number of hydrogen-bond donors (Lipinski definition) is 2. The van der Waals surface area contributed by atoms with Crippen LogP contribution in [0.4, 0.5) is 31.9 Å². The molecule has 1 aromatic heterocycles. The Bertz CT molecular complexity index is 1120. The van der Waals surface area contributed by atoms with Gasteiger partial charge in [0.25, 0.3) is 11.8 Å². The number of nitrogens with one attached hydrogen (secondary N) is 2. The number of anilines is 4. The quantitative estimate of drug-likeness (QED) is 0.639. The summed E-state index contributed by atoms with van der Waals surface area (Å²) in [6.07, 6.45) is 4.77. The van der Waals surface area contributed by atoms with Gasteiger partial charge in [0.15, 0.2) is 5.82 Å². The topological polar surface area (TPSA) is 99.7 Å². The summed E-state index contributed by atoms with van der Waals surface area (Å²) in [6.45, 7) is 3.01. The summed E-state index contributed by atoms with van der Waals surface area (Å²) in [4.78, 5) is 36.1. The minimum Gasteiger partial charge on any atom is -0.495 e. The number of ether oxygens (including phenoxy) is 1. The minimum atomic E-state index is -3.54. The van der Waals surface area contributed by atoms with E-state index in [1.165, 1.54) is 20.4 Å². The van der Waals surface area contributed by atoms with Crippen molar-refractivity contribution in [3.8, 4) is 5.75 Å². The minimum absolute atomic E-state index is 0.0144. The van der Waals surface area contributed by atoms with Crippen LogP contribution in [0.15, 0.2) is 24.4 Å². The average Bonchev–Trinajstić information content (AvgIpc) is 3.34. The Morgan fingerprint density at radius 2 is 1.97 bits per heavy atom. The number of nitrogens with zero attached hydrogens (tertiary/aromatic N) is 4. The number of rotatable bonds is 6. The Balaban J connectivity index is 1.68. The molecule has 0 spiro atoms. The third-order valence-electron chi connectivity index (χ3n) is 6.27. The number of fused-ring (bicyclic) bond motifs is 1. The van der Waals surface area contributed by atoms with Crippen LogP contribution in [-0.4, -0.2) is 60.5 Å². The maximum absolute atomic E-state index is 14.8. The van der Waals surface area contributed by atoms with E-state index in [0.29, 0.717) is 17.0 Å². The summed E-state index contributed by atoms with van der Waals surface area (Å²) in [5.41, 5.74) is 1.17. The van der Waals surface area contributed by atoms with E-state index in [2.05, 4.69) is 20.6 Å². The molecular weight excluding hydrogens is 458 g/mol. The Morgan fingerprint density at radius 3 is 2.63 bits per heavy atom. The average molecular weight is 489 g/mol. The summed E-state index contributed by atoms with van der Waals surface area (Å²) in [6, 6.07) is 4.77. The van der Waals surface area contributed by atoms with E-state index in [-0.39, 0.29) is 35.4 Å². The molecular formula is C24H30F2N6O3. The lowest BCUT2D eigenvalue weighted by Crippen LogP contribution is -2.48. The molecule has 1 fully saturated rings. The first-order valence-electron chi connectivity index (χ1n) is 11.7. The number of methoxy groups -OCH3 is 1. The molecule has 0 radical (unpaired) electrons. The number of amides is 2. The molecule has 11 heteroatoms. The Labute approximate surface area is 202 Å². The summed E-state index contributed by atoms with van der Waals surface area (Å²) in [5.74, 6) is -4.20. The fraction of sp³-hybridized carbons (Fsp3) is 0.500. The van der Waals surface area contributed by atoms with Gasteiger partial charge in [0, 0.05) is 24.7 Å². The zero-order valence-electron chi connectivity index (χ0n) is 20.3. The fourth-order valence-electron chi connectivity index (χ4n) is 4.51. The first-order chi connectivity index (χ1) is 16.6. The van der Waals surface area contributed by atoms with Gasteiger partial charge in [0.1, 0.15) is 11.4 Å². The van der Waals surface area contributed by atoms with E-state index >= 15 is 0 Å². The van der Waals surface area contributed by atoms with E-state index in [1.807, 2.05) is 13.8 Å². The predicted octanol–water partition coefficient (Wildman–Crippen LogP) is 3.73. The zero-order chi connectivity index (χ0) is 25.3. The van der Waals surface area contributed by atoms with Gasteiger partial charge in [-0.15, -0.1) is 0 Å². The lowest BCUT2D eigenvalue weighted by atomic mass is 10.1. The van der Waals surface area contributed by atoms with Gasteiger partial charge in [-0.1, -0.05) is 12.8 Å². The molecule has 2 aliphatic rings. The number of benzene rings is 1. The highest BCUT2D eigenvalue weighted by Crippen LogP contribution is 2.40. The maximum atomic E-state index is 14.8. The van der Waals surface area contributed by atoms with Gasteiger partial charge in [-0.2, -0.15) is 13.8 Å². The molecule has 0 unspecified atom stereocenters. The van der Waals surface area contributed by atoms with Crippen LogP contribution in [0, 0.1) is 0 Å². The third-order valence-corrected chi connectivity index (χ3v) is 6.27. The summed E-state index contributed by atoms with van der Waals surface area (Å²) in [5, 5.41) is 5.89. The van der Waals surface area contributed by atoms with Crippen molar-refractivity contribution < 1.29 is 23.1 Å². The van der Waals surface area contributed by atoms with Gasteiger partial charge in [-0.05, 0) is 44.9 Å². The van der Waals surface area contributed by atoms with E-state index < -0.39 is 18.4 Å². The highest BCUT2D eigenvalue weighted by Gasteiger charge is 2.48. The van der Waals surface area contributed by atoms with Crippen molar-refractivity contribution in [2.75, 3.05) is 35.8 Å². The molecule has 2 heterocycles. The monoisotopic (exact) mass is 488 g/mol. The van der Waals surface area contributed by atoms with Crippen LogP contribution in [0.25, 0.3) is 0 Å². The first kappa shape index (κ1) is 24.6. The Morgan fingerprint density at radius 1 is 1.26 bits per heavy atom. The molecule has 188 valence electrons. The standard InChI is InChI=1S/C24H30F2N6O3/c1-14(2)28-21(33)15-9-10-17(19(11-15)35-4)29-23-27-12-18-20(30-23)32(16-7-5-6-8-16)13-24(25,26)22(34)31(18)3/h9-12,14,16H,5-8,13H2,1-4H3,(H,28,33)(H,27,29,30). The van der Waals surface area contributed by atoms with Crippen molar-refractivity contribution in [1.29, 1.82) is 0 Å². The molecule has 0 bridgehead atoms. The second kappa shape index (κ2) is 9.63. The van der Waals surface area contributed by atoms with Gasteiger partial charge < -0.3 is 25.2 Å². The SMILES string of the molecule is COc1cc(C(=O)NC(C)C)ccc1Nc1ncc2c(n1)N(C1CCCC1)CC(F)(F)C(=O)N2C. The first-order valence-corrected chi connectivity index (χ1v) is 11.7. The van der Waals surface area contributed by atoms with Gasteiger partial charge >= 0.3 is 5.92 Å². The summed E-state index contributed by atoms with van der Waals surface area (Å²) >= 11 is 0. The number of carbonyl (C=O) groups is 2. The van der Waals surface area contributed by atoms with Crippen molar-refractivity contribution in [2.24, 2.45) is 0 Å². The van der Waals surface area contributed by atoms with Crippen molar-refractivity contribution in [1.82, 2.24) is 15.3 Å². The number of aromatic nitrogens is 2. The fourth-order valence-corrected chi connectivity index (χ4v) is 4.51. The van der Waals surface area contributed by atoms with Crippen LogP contribution in [0.5, 0.6) is 5.75 Å². The summed E-state index contributed by atoms with van der Waals surface area (Å²) < 4.78 is 35.0. The number of carbonyl (C=O) groups excluding carboxylic acids is 2. The van der Waals surface area contributed by atoms with E-state index in [9.17, 15) is 18.4 Å². The molecule has 0 saturated heterocycles. The van der Waals surface area contributed by atoms with Crippen molar-refractivity contribution in [3.63, 3.8) is 0 Å². The van der Waals surface area contributed by atoms with Crippen LogP contribution >= 0.6 is 0 Å². The summed E-state index contributed by atoms with van der Waals surface area (Å²) in [7, 11) is 2.79. The van der Waals surface area contributed by atoms with E-state index in [4.69, 9.17) is 4.74 Å². The second-order valence-corrected chi connectivity index (χ2v) is 9.21. The van der Waals surface area contributed by atoms with Crippen molar-refractivity contribution in [3.05, 3.63) is 30.0 Å². The molecule has 4 rings (SSSR count). The number of alkyl halides is 2. The van der Waals surface area contributed by atoms with E-state index in [0.717, 1.165) is 30.6 Å². The van der Waals surface area contributed by atoms with Gasteiger partial charge in [0.2, 0.25) is 5.95 Å². The molecule has 1 saturated carbocycles. The molecule has 9 nitrogen and oxygen atoms in total. The van der Waals surface area contributed by atoms with Crippen LogP contribution < -0.4 is 25.2 Å². The lowest BCUT2D eigenvalue weighted by molar-refractivity contribution is -0.140. The largest absolute Gasteiger partial charge is 0.495 e. The zero-order valence-corrected chi connectivity index (χ0v) is 20.3. The van der Waals surface area contributed by atoms with Gasteiger partial charge in [-0.3, -0.25) is 9.59 Å². The highest BCUT2D eigenvalue weighted by molar-refractivity contribution is 6.02. The predicted molar refractivity (Wildman–Crippen MR) is 129 cm³/mol. The molecule has 2 amide bonds. The molecule has 0 atom stereocenters. The smallest absolute Gasteiger partial charge is 0.342 e. The van der Waals surface area contributed by atoms with Gasteiger partial charge in [-0.25, -0.2) is 4.98 Å². The van der Waals surface area contributed by atoms with Crippen LogP contribution in [0.1, 0.15) is 49.9 Å². The normalized spacial score (nSPS) is 17.9. The molecule has 1 aromatic carbocycles. The molecule has 2 aromatic rings. The molecule has 2 N–H and O–H groups in total. The maximum Gasteiger partial charge on any atom is 0.342 e.